The number of unbranched alkanes of at least 4 members (excludes halogenated alkanes) is 4. The molecule has 1 aliphatic rings. The van der Waals surface area contributed by atoms with Gasteiger partial charge in [0.15, 0.2) is 5.78 Å². The minimum absolute atomic E-state index is 0.0107. The van der Waals surface area contributed by atoms with Crippen LogP contribution in [-0.4, -0.2) is 37.8 Å². The summed E-state index contributed by atoms with van der Waals surface area (Å²) >= 11 is 0. The molecule has 0 saturated carbocycles. The van der Waals surface area contributed by atoms with E-state index in [-0.39, 0.29) is 11.5 Å². The van der Waals surface area contributed by atoms with Crippen LogP contribution in [-0.2, 0) is 4.79 Å². The first-order valence-corrected chi connectivity index (χ1v) is 20.8. The van der Waals surface area contributed by atoms with E-state index in [1.807, 2.05) is 0 Å². The molecule has 1 atom stereocenters. The zero-order valence-corrected chi connectivity index (χ0v) is 33.6. The lowest BCUT2D eigenvalue weighted by molar-refractivity contribution is -0.115. The number of ketones is 1. The number of Topliss-reactive ketones (excluding diaryl/α,β-unsaturated/α-hetero) is 1. The third-order valence-corrected chi connectivity index (χ3v) is 11.7. The molecule has 0 fully saturated rings. The zero-order chi connectivity index (χ0) is 39.2. The van der Waals surface area contributed by atoms with Gasteiger partial charge in [0.25, 0.3) is 5.70 Å². The SMILES string of the molecule is [C-]#[N+]C(=C=N)C1=C(c2ccc(N(CCCC)CCCC)c3cc4ccccc4cc23)C(=O)C1c1ccc(N(CCCC)CCCC)c2cc3ccccc3cc12. The molecule has 7 rings (SSSR count). The van der Waals surface area contributed by atoms with E-state index in [4.69, 9.17) is 12.0 Å². The van der Waals surface area contributed by atoms with Crippen LogP contribution in [0.25, 0.3) is 53.5 Å². The van der Waals surface area contributed by atoms with Crippen LogP contribution >= 0.6 is 0 Å². The van der Waals surface area contributed by atoms with E-state index in [9.17, 15) is 0 Å². The monoisotopic (exact) mass is 738 g/mol. The molecular formula is C51H54N4O. The van der Waals surface area contributed by atoms with Crippen molar-refractivity contribution in [2.24, 2.45) is 0 Å². The number of anilines is 2. The Labute approximate surface area is 332 Å². The average molecular weight is 739 g/mol. The highest BCUT2D eigenvalue weighted by Gasteiger charge is 2.44. The molecule has 0 spiro atoms. The maximum atomic E-state index is 15.0. The topological polar surface area (TPSA) is 51.8 Å². The van der Waals surface area contributed by atoms with Gasteiger partial charge in [-0.2, -0.15) is 0 Å². The van der Waals surface area contributed by atoms with Gasteiger partial charge in [-0.3, -0.25) is 10.2 Å². The minimum atomic E-state index is -0.676. The average Bonchev–Trinajstić information content (AvgIpc) is 3.23. The van der Waals surface area contributed by atoms with E-state index in [1.54, 1.807) is 0 Å². The number of benzene rings is 6. The Morgan fingerprint density at radius 1 is 0.625 bits per heavy atom. The van der Waals surface area contributed by atoms with E-state index < -0.39 is 5.92 Å². The summed E-state index contributed by atoms with van der Waals surface area (Å²) in [4.78, 5) is 23.9. The summed E-state index contributed by atoms with van der Waals surface area (Å²) < 4.78 is 0. The Hall–Kier alpha value is -5.69. The van der Waals surface area contributed by atoms with Gasteiger partial charge in [-0.1, -0.05) is 114 Å². The Bertz CT molecular complexity index is 2530. The van der Waals surface area contributed by atoms with Crippen LogP contribution in [0.2, 0.25) is 0 Å². The molecule has 284 valence electrons. The van der Waals surface area contributed by atoms with Crippen molar-refractivity contribution in [1.82, 2.24) is 0 Å². The van der Waals surface area contributed by atoms with Crippen molar-refractivity contribution in [3.05, 3.63) is 131 Å². The predicted molar refractivity (Wildman–Crippen MR) is 239 cm³/mol. The van der Waals surface area contributed by atoms with Crippen molar-refractivity contribution in [3.63, 3.8) is 0 Å². The number of hydrogen-bond donors (Lipinski definition) is 1. The molecule has 0 heterocycles. The second kappa shape index (κ2) is 17.4. The second-order valence-corrected chi connectivity index (χ2v) is 15.4. The van der Waals surface area contributed by atoms with Crippen molar-refractivity contribution in [1.29, 1.82) is 5.41 Å². The van der Waals surface area contributed by atoms with Gasteiger partial charge in [-0.15, -0.1) is 0 Å². The summed E-state index contributed by atoms with van der Waals surface area (Å²) in [7, 11) is 0. The van der Waals surface area contributed by atoms with Crippen LogP contribution in [0.5, 0.6) is 0 Å². The fraction of sp³-hybridized carbons (Fsp3) is 0.333. The molecule has 6 aromatic carbocycles. The Morgan fingerprint density at radius 3 is 1.50 bits per heavy atom. The molecule has 5 heteroatoms. The fourth-order valence-corrected chi connectivity index (χ4v) is 8.64. The molecule has 0 aliphatic heterocycles. The molecular weight excluding hydrogens is 685 g/mol. The Kier molecular flexibility index (Phi) is 12.0. The van der Waals surface area contributed by atoms with E-state index in [1.165, 1.54) is 11.4 Å². The van der Waals surface area contributed by atoms with Gasteiger partial charge >= 0.3 is 0 Å². The minimum Gasteiger partial charge on any atom is -0.371 e. The van der Waals surface area contributed by atoms with Crippen molar-refractivity contribution < 1.29 is 4.79 Å². The van der Waals surface area contributed by atoms with Crippen molar-refractivity contribution in [3.8, 4) is 0 Å². The van der Waals surface area contributed by atoms with Crippen LogP contribution in [0.3, 0.4) is 0 Å². The predicted octanol–water partition coefficient (Wildman–Crippen LogP) is 13.3. The summed E-state index contributed by atoms with van der Waals surface area (Å²) in [6.07, 6.45) is 8.88. The molecule has 5 nitrogen and oxygen atoms in total. The van der Waals surface area contributed by atoms with Gasteiger partial charge in [0.05, 0.1) is 12.5 Å². The molecule has 6 aromatic rings. The largest absolute Gasteiger partial charge is 0.371 e. The lowest BCUT2D eigenvalue weighted by atomic mass is 9.67. The van der Waals surface area contributed by atoms with Gasteiger partial charge < -0.3 is 9.80 Å². The maximum absolute atomic E-state index is 15.0. The molecule has 0 bridgehead atoms. The highest BCUT2D eigenvalue weighted by molar-refractivity contribution is 6.37. The van der Waals surface area contributed by atoms with Gasteiger partial charge in [0.2, 0.25) is 0 Å². The van der Waals surface area contributed by atoms with Gasteiger partial charge in [0.1, 0.15) is 0 Å². The quantitative estimate of drug-likeness (QED) is 0.0576. The molecule has 1 aliphatic carbocycles. The smallest absolute Gasteiger partial charge is 0.251 e. The number of allylic oxidation sites excluding steroid dienone is 2. The standard InChI is InChI=1S/C51H54N4O/c1-6-10-26-54(27-11-7-2)46-24-22-39(41-30-35-18-14-16-20-37(35)32-43(41)46)48-50(45(34-52)53-5)49(51(48)56)40-23-25-47(55(28-12-8-3)29-13-9-4)44-33-38-21-17-15-19-36(38)31-42(40)44/h14-25,30-33,48,52H,6-13,26-29H2,1-4H3. The molecule has 1 N–H and O–H groups in total. The highest BCUT2D eigenvalue weighted by atomic mass is 16.1. The number of rotatable bonds is 17. The van der Waals surface area contributed by atoms with E-state index in [2.05, 4.69) is 145 Å². The lowest BCUT2D eigenvalue weighted by Crippen LogP contribution is -2.30. The van der Waals surface area contributed by atoms with Crippen molar-refractivity contribution >= 4 is 71.7 Å². The van der Waals surface area contributed by atoms with Crippen LogP contribution in [0.15, 0.2) is 108 Å². The first kappa shape index (κ1) is 38.6. The van der Waals surface area contributed by atoms with Gasteiger partial charge in [0, 0.05) is 53.9 Å². The molecule has 0 amide bonds. The summed E-state index contributed by atoms with van der Waals surface area (Å²) in [5.74, 6) is 1.78. The number of nitrogens with zero attached hydrogens (tertiary/aromatic N) is 3. The molecule has 56 heavy (non-hydrogen) atoms. The highest BCUT2D eigenvalue weighted by Crippen LogP contribution is 2.52. The lowest BCUT2D eigenvalue weighted by Gasteiger charge is -2.35. The zero-order valence-electron chi connectivity index (χ0n) is 33.6. The number of carbonyl (C=O) groups excluding carboxylic acids is 1. The van der Waals surface area contributed by atoms with Crippen LogP contribution in [0, 0.1) is 12.0 Å². The van der Waals surface area contributed by atoms with Crippen LogP contribution < -0.4 is 9.80 Å². The third kappa shape index (κ3) is 7.23. The van der Waals surface area contributed by atoms with Crippen LogP contribution in [0.1, 0.15) is 96.1 Å². The molecule has 0 aromatic heterocycles. The molecule has 1 unspecified atom stereocenters. The number of hydrogen-bond acceptors (Lipinski definition) is 4. The van der Waals surface area contributed by atoms with Crippen molar-refractivity contribution in [2.75, 3.05) is 36.0 Å². The second-order valence-electron chi connectivity index (χ2n) is 15.4. The first-order chi connectivity index (χ1) is 27.5. The summed E-state index contributed by atoms with van der Waals surface area (Å²) in [5, 5.41) is 17.1. The Morgan fingerprint density at radius 2 is 1.05 bits per heavy atom. The number of nitrogens with one attached hydrogen (secondary N) is 1. The summed E-state index contributed by atoms with van der Waals surface area (Å²) in [5.41, 5.74) is 5.31. The van der Waals surface area contributed by atoms with Gasteiger partial charge in [-0.25, -0.2) is 4.85 Å². The van der Waals surface area contributed by atoms with Gasteiger partial charge in [-0.05, 0) is 117 Å². The van der Waals surface area contributed by atoms with Crippen LogP contribution in [0.4, 0.5) is 11.4 Å². The Balaban J connectivity index is 1.47. The number of fused-ring (bicyclic) bond motifs is 4. The normalized spacial score (nSPS) is 14.0. The summed E-state index contributed by atoms with van der Waals surface area (Å²) in [6.45, 7) is 21.1. The van der Waals surface area contributed by atoms with E-state index in [0.29, 0.717) is 11.1 Å². The maximum Gasteiger partial charge on any atom is 0.251 e. The van der Waals surface area contributed by atoms with E-state index >= 15 is 4.79 Å². The van der Waals surface area contributed by atoms with Crippen molar-refractivity contribution in [2.45, 2.75) is 85.0 Å². The third-order valence-electron chi connectivity index (χ3n) is 11.7. The summed E-state index contributed by atoms with van der Waals surface area (Å²) in [6, 6.07) is 34.4. The van der Waals surface area contributed by atoms with E-state index in [0.717, 1.165) is 132 Å². The molecule has 0 radical (unpaired) electrons. The number of carbonyl (C=O) groups is 1. The first-order valence-electron chi connectivity index (χ1n) is 20.8. The fourth-order valence-electron chi connectivity index (χ4n) is 8.64. The molecule has 0 saturated heterocycles.